The van der Waals surface area contributed by atoms with Crippen LogP contribution in [0.4, 0.5) is 19.0 Å². The first kappa shape index (κ1) is 27.3. The molecule has 202 valence electrons. The van der Waals surface area contributed by atoms with Crippen molar-refractivity contribution < 1.29 is 27.9 Å². The first-order valence-corrected chi connectivity index (χ1v) is 11.5. The van der Waals surface area contributed by atoms with E-state index < -0.39 is 18.2 Å². The molecule has 5 aromatic heterocycles. The summed E-state index contributed by atoms with van der Waals surface area (Å²) in [6, 6.07) is 6.97. The Morgan fingerprint density at radius 1 is 1.21 bits per heavy atom. The fraction of sp³-hybridized carbons (Fsp3) is 0.167. The molecule has 1 atom stereocenters. The normalized spacial score (nSPS) is 12.2. The Hall–Kier alpha value is -4.72. The van der Waals surface area contributed by atoms with Crippen LogP contribution in [0.1, 0.15) is 34.6 Å². The van der Waals surface area contributed by atoms with Crippen LogP contribution in [0.25, 0.3) is 22.4 Å². The standard InChI is InChI=1S/C22H19ClN8O.C2HF3O2/c1-12(28-22(32)17-20(24)29-31-8-4-7-26-21(17)31)15-9-16(23)18-13(2)27-11-30(18)19(15)14-5-3-6-25-10-14;3-2(4,5)1(6)7/h3-12H,1-2H3,(H2,24,29)(H,28,32);(H,6,7). The average Bonchev–Trinajstić information content (AvgIpc) is 3.43. The number of carbonyl (C=O) groups is 2. The smallest absolute Gasteiger partial charge is 0.475 e. The van der Waals surface area contributed by atoms with E-state index in [4.69, 9.17) is 27.2 Å². The second kappa shape index (κ2) is 10.6. The number of nitrogen functional groups attached to an aromatic ring is 1. The molecule has 0 radical (unpaired) electrons. The van der Waals surface area contributed by atoms with Gasteiger partial charge in [-0.1, -0.05) is 11.6 Å². The number of amides is 1. The first-order chi connectivity index (χ1) is 18.4. The minimum absolute atomic E-state index is 0.111. The topological polar surface area (TPSA) is 153 Å². The number of nitrogens with one attached hydrogen (secondary N) is 1. The largest absolute Gasteiger partial charge is 0.490 e. The highest BCUT2D eigenvalue weighted by atomic mass is 35.5. The lowest BCUT2D eigenvalue weighted by Crippen LogP contribution is -2.28. The molecule has 39 heavy (non-hydrogen) atoms. The molecule has 0 aliphatic carbocycles. The third-order valence-electron chi connectivity index (χ3n) is 5.61. The van der Waals surface area contributed by atoms with Crippen molar-refractivity contribution >= 4 is 40.5 Å². The van der Waals surface area contributed by atoms with E-state index in [9.17, 15) is 18.0 Å². The molecule has 0 bridgehead atoms. The Bertz CT molecular complexity index is 1690. The molecular formula is C24H20ClF3N8O3. The van der Waals surface area contributed by atoms with E-state index in [1.807, 2.05) is 36.4 Å². The van der Waals surface area contributed by atoms with Crippen LogP contribution >= 0.6 is 11.6 Å². The summed E-state index contributed by atoms with van der Waals surface area (Å²) >= 11 is 6.62. The number of hydrogen-bond donors (Lipinski definition) is 3. The number of alkyl halides is 3. The van der Waals surface area contributed by atoms with Crippen molar-refractivity contribution in [3.05, 3.63) is 77.2 Å². The average molecular weight is 561 g/mol. The Labute approximate surface area is 223 Å². The molecule has 0 aromatic carbocycles. The summed E-state index contributed by atoms with van der Waals surface area (Å²) in [6.45, 7) is 3.79. The second-order valence-corrected chi connectivity index (χ2v) is 8.64. The maximum absolute atomic E-state index is 13.2. The molecule has 1 unspecified atom stereocenters. The van der Waals surface area contributed by atoms with Crippen molar-refractivity contribution in [1.82, 2.24) is 34.3 Å². The van der Waals surface area contributed by atoms with Crippen molar-refractivity contribution in [1.29, 1.82) is 0 Å². The summed E-state index contributed by atoms with van der Waals surface area (Å²) in [4.78, 5) is 35.0. The van der Waals surface area contributed by atoms with E-state index in [-0.39, 0.29) is 17.3 Å². The molecule has 5 rings (SSSR count). The molecule has 1 amide bonds. The molecule has 15 heteroatoms. The third kappa shape index (κ3) is 5.45. The fourth-order valence-electron chi connectivity index (χ4n) is 3.91. The van der Waals surface area contributed by atoms with Gasteiger partial charge in [0.2, 0.25) is 0 Å². The van der Waals surface area contributed by atoms with Crippen molar-refractivity contribution in [3.8, 4) is 11.3 Å². The number of anilines is 1. The van der Waals surface area contributed by atoms with Crippen molar-refractivity contribution in [2.75, 3.05) is 5.73 Å². The van der Waals surface area contributed by atoms with Crippen LogP contribution in [0.2, 0.25) is 5.02 Å². The molecule has 11 nitrogen and oxygen atoms in total. The quantitative estimate of drug-likeness (QED) is 0.297. The van der Waals surface area contributed by atoms with E-state index in [2.05, 4.69) is 25.4 Å². The number of aromatic nitrogens is 6. The highest BCUT2D eigenvalue weighted by Crippen LogP contribution is 2.34. The van der Waals surface area contributed by atoms with E-state index in [1.165, 1.54) is 4.52 Å². The number of carbonyl (C=O) groups excluding carboxylic acids is 1. The maximum atomic E-state index is 13.2. The predicted molar refractivity (Wildman–Crippen MR) is 135 cm³/mol. The predicted octanol–water partition coefficient (Wildman–Crippen LogP) is 4.11. The molecular weight excluding hydrogens is 541 g/mol. The van der Waals surface area contributed by atoms with Crippen molar-refractivity contribution in [2.24, 2.45) is 0 Å². The zero-order valence-electron chi connectivity index (χ0n) is 20.3. The Morgan fingerprint density at radius 3 is 2.56 bits per heavy atom. The second-order valence-electron chi connectivity index (χ2n) is 8.23. The number of carboxylic acids is 1. The van der Waals surface area contributed by atoms with Crippen LogP contribution in [0, 0.1) is 6.92 Å². The number of hydrogen-bond acceptors (Lipinski definition) is 7. The number of nitrogens with two attached hydrogens (primary N) is 1. The summed E-state index contributed by atoms with van der Waals surface area (Å²) in [5.41, 5.74) is 10.8. The lowest BCUT2D eigenvalue weighted by molar-refractivity contribution is -0.192. The summed E-state index contributed by atoms with van der Waals surface area (Å²) in [5.74, 6) is -3.02. The first-order valence-electron chi connectivity index (χ1n) is 11.2. The van der Waals surface area contributed by atoms with Gasteiger partial charge in [0.15, 0.2) is 11.5 Å². The van der Waals surface area contributed by atoms with E-state index in [0.717, 1.165) is 28.0 Å². The molecule has 0 saturated carbocycles. The fourth-order valence-corrected chi connectivity index (χ4v) is 4.26. The maximum Gasteiger partial charge on any atom is 0.490 e. The lowest BCUT2D eigenvalue weighted by atomic mass is 10.0. The van der Waals surface area contributed by atoms with Crippen molar-refractivity contribution in [3.63, 3.8) is 0 Å². The van der Waals surface area contributed by atoms with E-state index >= 15 is 0 Å². The molecule has 5 aromatic rings. The zero-order valence-corrected chi connectivity index (χ0v) is 21.1. The summed E-state index contributed by atoms with van der Waals surface area (Å²) in [6.07, 6.45) is 3.40. The van der Waals surface area contributed by atoms with Gasteiger partial charge in [-0.15, -0.1) is 5.10 Å². The van der Waals surface area contributed by atoms with Crippen LogP contribution in [-0.2, 0) is 4.79 Å². The number of aryl methyl sites for hydroxylation is 1. The zero-order chi connectivity index (χ0) is 28.5. The number of imidazole rings is 1. The summed E-state index contributed by atoms with van der Waals surface area (Å²) in [7, 11) is 0. The van der Waals surface area contributed by atoms with Crippen LogP contribution < -0.4 is 11.1 Å². The Kier molecular flexibility index (Phi) is 7.40. The number of nitrogens with zero attached hydrogens (tertiary/aromatic N) is 6. The number of fused-ring (bicyclic) bond motifs is 2. The highest BCUT2D eigenvalue weighted by molar-refractivity contribution is 6.34. The summed E-state index contributed by atoms with van der Waals surface area (Å²) in [5, 5.41) is 14.8. The molecule has 0 aliphatic heterocycles. The van der Waals surface area contributed by atoms with Gasteiger partial charge in [-0.2, -0.15) is 13.2 Å². The van der Waals surface area contributed by atoms with Gasteiger partial charge in [0.25, 0.3) is 5.91 Å². The van der Waals surface area contributed by atoms with Crippen LogP contribution in [-0.4, -0.2) is 52.1 Å². The Morgan fingerprint density at radius 2 is 1.92 bits per heavy atom. The number of aliphatic carboxylic acids is 1. The number of halogens is 4. The van der Waals surface area contributed by atoms with Gasteiger partial charge in [0, 0.05) is 35.9 Å². The van der Waals surface area contributed by atoms with Crippen molar-refractivity contribution in [2.45, 2.75) is 26.1 Å². The lowest BCUT2D eigenvalue weighted by Gasteiger charge is -2.20. The number of rotatable bonds is 4. The van der Waals surface area contributed by atoms with E-state index in [1.54, 1.807) is 37.2 Å². The number of carboxylic acid groups (broad SMARTS) is 1. The monoisotopic (exact) mass is 560 g/mol. The van der Waals surface area contributed by atoms with Crippen LogP contribution in [0.3, 0.4) is 0 Å². The third-order valence-corrected chi connectivity index (χ3v) is 5.90. The minimum atomic E-state index is -5.08. The van der Waals surface area contributed by atoms with Crippen LogP contribution in [0.5, 0.6) is 0 Å². The molecule has 0 saturated heterocycles. The van der Waals surface area contributed by atoms with Gasteiger partial charge < -0.3 is 16.2 Å². The van der Waals surface area contributed by atoms with Crippen LogP contribution in [0.15, 0.2) is 55.4 Å². The van der Waals surface area contributed by atoms with Gasteiger partial charge in [-0.3, -0.25) is 14.2 Å². The summed E-state index contributed by atoms with van der Waals surface area (Å²) < 4.78 is 35.1. The van der Waals surface area contributed by atoms with Gasteiger partial charge >= 0.3 is 12.1 Å². The molecule has 4 N–H and O–H groups in total. The van der Waals surface area contributed by atoms with E-state index in [0.29, 0.717) is 10.7 Å². The number of pyridine rings is 2. The highest BCUT2D eigenvalue weighted by Gasteiger charge is 2.38. The molecule has 0 fully saturated rings. The van der Waals surface area contributed by atoms with Gasteiger partial charge in [-0.05, 0) is 38.1 Å². The molecule has 0 spiro atoms. The SMILES string of the molecule is Cc1ncn2c(-c3cccnc3)c(C(C)NC(=O)c3c(N)nn4cccnc34)cc(Cl)c12.O=C(O)C(F)(F)F. The molecule has 5 heterocycles. The van der Waals surface area contributed by atoms with Gasteiger partial charge in [0.05, 0.1) is 28.0 Å². The minimum Gasteiger partial charge on any atom is -0.475 e. The van der Waals surface area contributed by atoms with Gasteiger partial charge in [-0.25, -0.2) is 19.3 Å². The molecule has 0 aliphatic rings. The van der Waals surface area contributed by atoms with Gasteiger partial charge in [0.1, 0.15) is 11.9 Å². The Balaban J connectivity index is 0.000000448.